The van der Waals surface area contributed by atoms with Crippen LogP contribution in [0.4, 0.5) is 0 Å². The van der Waals surface area contributed by atoms with Crippen LogP contribution in [0.2, 0.25) is 0 Å². The van der Waals surface area contributed by atoms with Gasteiger partial charge < -0.3 is 10.8 Å². The van der Waals surface area contributed by atoms with E-state index in [4.69, 9.17) is 10.8 Å². The molecule has 0 atom stereocenters. The van der Waals surface area contributed by atoms with Crippen LogP contribution in [0, 0.1) is 4.91 Å². The normalized spacial score (nSPS) is 9.11. The quantitative estimate of drug-likeness (QED) is 0.369. The van der Waals surface area contributed by atoms with Crippen molar-refractivity contribution in [3.8, 4) is 0 Å². The second kappa shape index (κ2) is 5.46. The van der Waals surface area contributed by atoms with Gasteiger partial charge in [0.2, 0.25) is 0 Å². The molecule has 0 aliphatic rings. The molecule has 0 fully saturated rings. The maximum Gasteiger partial charge on any atom is 0.0624 e. The first-order valence-corrected chi connectivity index (χ1v) is 2.74. The summed E-state index contributed by atoms with van der Waals surface area (Å²) in [7, 11) is 0. The lowest BCUT2D eigenvalue weighted by atomic mass is 10.6. The molecule has 9 heavy (non-hydrogen) atoms. The summed E-state index contributed by atoms with van der Waals surface area (Å²) in [6, 6.07) is 0. The predicted molar refractivity (Wildman–Crippen MR) is 33.5 cm³/mol. The molecule has 0 amide bonds. The largest absolute Gasteiger partial charge is 0.394 e. The van der Waals surface area contributed by atoms with Crippen molar-refractivity contribution in [1.29, 1.82) is 0 Å². The van der Waals surface area contributed by atoms with E-state index in [2.05, 4.69) is 5.29 Å². The standard InChI is InChI=1S/C4H11N3O2/c5-1-2-7(6-9)3-4-8/h8H,1-5H2. The summed E-state index contributed by atoms with van der Waals surface area (Å²) in [5, 5.41) is 12.1. The molecule has 5 nitrogen and oxygen atoms in total. The van der Waals surface area contributed by atoms with Gasteiger partial charge in [-0.2, -0.15) is 0 Å². The number of hydrogen-bond acceptors (Lipinski definition) is 4. The van der Waals surface area contributed by atoms with Gasteiger partial charge in [-0.15, -0.1) is 4.91 Å². The van der Waals surface area contributed by atoms with Gasteiger partial charge in [0.05, 0.1) is 25.0 Å². The van der Waals surface area contributed by atoms with Crippen LogP contribution in [0.1, 0.15) is 0 Å². The Bertz CT molecular complexity index is 72.2. The van der Waals surface area contributed by atoms with E-state index in [1.807, 2.05) is 0 Å². The number of hydrogen-bond donors (Lipinski definition) is 2. The van der Waals surface area contributed by atoms with Crippen molar-refractivity contribution in [3.05, 3.63) is 4.91 Å². The van der Waals surface area contributed by atoms with Gasteiger partial charge in [0.25, 0.3) is 0 Å². The number of nitroso groups, excluding NO2 is 1. The number of rotatable bonds is 5. The highest BCUT2D eigenvalue weighted by Crippen LogP contribution is 1.83. The van der Waals surface area contributed by atoms with Gasteiger partial charge >= 0.3 is 0 Å². The molecule has 0 radical (unpaired) electrons. The summed E-state index contributed by atoms with van der Waals surface area (Å²) < 4.78 is 0. The fourth-order valence-corrected chi connectivity index (χ4v) is 0.458. The van der Waals surface area contributed by atoms with Gasteiger partial charge in [0.1, 0.15) is 0 Å². The molecule has 0 aliphatic heterocycles. The summed E-state index contributed by atoms with van der Waals surface area (Å²) in [4.78, 5) is 9.79. The zero-order valence-electron chi connectivity index (χ0n) is 5.16. The summed E-state index contributed by atoms with van der Waals surface area (Å²) in [5.74, 6) is 0. The lowest BCUT2D eigenvalue weighted by molar-refractivity contribution is 0.202. The molecule has 5 heteroatoms. The highest BCUT2D eigenvalue weighted by Gasteiger charge is 1.97. The zero-order chi connectivity index (χ0) is 7.11. The number of nitrogens with zero attached hydrogens (tertiary/aromatic N) is 2. The lowest BCUT2D eigenvalue weighted by Crippen LogP contribution is -2.26. The molecule has 0 unspecified atom stereocenters. The van der Waals surface area contributed by atoms with Crippen molar-refractivity contribution >= 4 is 0 Å². The van der Waals surface area contributed by atoms with E-state index in [1.165, 1.54) is 5.01 Å². The number of aliphatic hydroxyl groups is 1. The predicted octanol–water partition coefficient (Wildman–Crippen LogP) is -1.08. The topological polar surface area (TPSA) is 78.9 Å². The smallest absolute Gasteiger partial charge is 0.0624 e. The third-order valence-electron chi connectivity index (χ3n) is 0.861. The monoisotopic (exact) mass is 133 g/mol. The van der Waals surface area contributed by atoms with E-state index in [1.54, 1.807) is 0 Å². The SMILES string of the molecule is NCCN(CCO)N=O. The molecule has 0 aromatic heterocycles. The van der Waals surface area contributed by atoms with E-state index >= 15 is 0 Å². The zero-order valence-corrected chi connectivity index (χ0v) is 5.16. The third kappa shape index (κ3) is 3.87. The Morgan fingerprint density at radius 3 is 2.56 bits per heavy atom. The average Bonchev–Trinajstić information content (AvgIpc) is 1.88. The third-order valence-corrected chi connectivity index (χ3v) is 0.861. The van der Waals surface area contributed by atoms with E-state index < -0.39 is 0 Å². The maximum absolute atomic E-state index is 9.79. The van der Waals surface area contributed by atoms with Crippen LogP contribution in [0.15, 0.2) is 5.29 Å². The first kappa shape index (κ1) is 8.32. The van der Waals surface area contributed by atoms with Gasteiger partial charge in [0, 0.05) is 6.54 Å². The van der Waals surface area contributed by atoms with E-state index in [-0.39, 0.29) is 13.2 Å². The molecule has 0 aromatic carbocycles. The molecule has 0 bridgehead atoms. The van der Waals surface area contributed by atoms with Crippen molar-refractivity contribution in [2.75, 3.05) is 26.2 Å². The van der Waals surface area contributed by atoms with Crippen LogP contribution in [0.5, 0.6) is 0 Å². The molecule has 0 heterocycles. The van der Waals surface area contributed by atoms with Gasteiger partial charge in [-0.05, 0) is 0 Å². The Kier molecular flexibility index (Phi) is 5.04. The van der Waals surface area contributed by atoms with Gasteiger partial charge in [-0.25, -0.2) is 0 Å². The summed E-state index contributed by atoms with van der Waals surface area (Å²) in [6.07, 6.45) is 0. The Labute approximate surface area is 53.4 Å². The maximum atomic E-state index is 9.79. The Morgan fingerprint density at radius 1 is 1.56 bits per heavy atom. The van der Waals surface area contributed by atoms with Crippen molar-refractivity contribution in [3.63, 3.8) is 0 Å². The molecule has 0 saturated heterocycles. The summed E-state index contributed by atoms with van der Waals surface area (Å²) in [6.45, 7) is 0.988. The van der Waals surface area contributed by atoms with Crippen LogP contribution >= 0.6 is 0 Å². The summed E-state index contributed by atoms with van der Waals surface area (Å²) >= 11 is 0. The highest BCUT2D eigenvalue weighted by molar-refractivity contribution is 4.49. The minimum Gasteiger partial charge on any atom is -0.394 e. The molecule has 3 N–H and O–H groups in total. The molecule has 0 aliphatic carbocycles. The minimum atomic E-state index is -0.0637. The molecule has 0 aromatic rings. The highest BCUT2D eigenvalue weighted by atomic mass is 16.3. The van der Waals surface area contributed by atoms with Gasteiger partial charge in [-0.3, -0.25) is 5.01 Å². The molecule has 0 spiro atoms. The van der Waals surface area contributed by atoms with E-state index in [0.29, 0.717) is 13.1 Å². The Hall–Kier alpha value is -0.680. The number of nitrogens with two attached hydrogens (primary N) is 1. The van der Waals surface area contributed by atoms with Crippen LogP contribution in [-0.2, 0) is 0 Å². The number of aliphatic hydroxyl groups excluding tert-OH is 1. The van der Waals surface area contributed by atoms with Crippen LogP contribution < -0.4 is 5.73 Å². The van der Waals surface area contributed by atoms with Crippen molar-refractivity contribution in [2.24, 2.45) is 11.0 Å². The van der Waals surface area contributed by atoms with E-state index in [9.17, 15) is 4.91 Å². The van der Waals surface area contributed by atoms with Crippen molar-refractivity contribution in [1.82, 2.24) is 5.01 Å². The molecular formula is C4H11N3O2. The lowest BCUT2D eigenvalue weighted by Gasteiger charge is -2.10. The first-order chi connectivity index (χ1) is 4.35. The van der Waals surface area contributed by atoms with Crippen molar-refractivity contribution in [2.45, 2.75) is 0 Å². The van der Waals surface area contributed by atoms with Crippen LogP contribution in [-0.4, -0.2) is 36.4 Å². The van der Waals surface area contributed by atoms with Crippen LogP contribution in [0.3, 0.4) is 0 Å². The Balaban J connectivity index is 3.29. The van der Waals surface area contributed by atoms with Gasteiger partial charge in [-0.1, -0.05) is 0 Å². The molecule has 54 valence electrons. The summed E-state index contributed by atoms with van der Waals surface area (Å²) in [5.41, 5.74) is 5.11. The Morgan fingerprint density at radius 2 is 2.22 bits per heavy atom. The average molecular weight is 133 g/mol. The molecular weight excluding hydrogens is 122 g/mol. The molecule has 0 saturated carbocycles. The minimum absolute atomic E-state index is 0.0637. The fraction of sp³-hybridized carbons (Fsp3) is 1.00. The molecule has 0 rings (SSSR count). The van der Waals surface area contributed by atoms with Gasteiger partial charge in [0.15, 0.2) is 0 Å². The van der Waals surface area contributed by atoms with Crippen molar-refractivity contribution < 1.29 is 5.11 Å². The second-order valence-corrected chi connectivity index (χ2v) is 1.55. The second-order valence-electron chi connectivity index (χ2n) is 1.55. The fourth-order valence-electron chi connectivity index (χ4n) is 0.458. The van der Waals surface area contributed by atoms with E-state index in [0.717, 1.165) is 0 Å². The first-order valence-electron chi connectivity index (χ1n) is 2.74. The van der Waals surface area contributed by atoms with Crippen LogP contribution in [0.25, 0.3) is 0 Å².